The first-order valence-corrected chi connectivity index (χ1v) is 6.32. The molecular weight excluding hydrogens is 314 g/mol. The molecule has 0 radical (unpaired) electrons. The Balaban J connectivity index is 0.00000161. The second-order valence-corrected chi connectivity index (χ2v) is 4.54. The SMILES string of the molecule is O=C(Nc1ccccc1)c1cc2ccccc2cc1O.[Cu+]. The smallest absolute Gasteiger partial charge is 0.507 e. The van der Waals surface area contributed by atoms with E-state index in [1.165, 1.54) is 0 Å². The topological polar surface area (TPSA) is 49.3 Å². The molecular formula is C17H13CuNO2+. The summed E-state index contributed by atoms with van der Waals surface area (Å²) in [5.41, 5.74) is 0.970. The monoisotopic (exact) mass is 326 g/mol. The van der Waals surface area contributed by atoms with Crippen LogP contribution in [0.1, 0.15) is 10.4 Å². The van der Waals surface area contributed by atoms with E-state index in [0.29, 0.717) is 5.69 Å². The van der Waals surface area contributed by atoms with Crippen molar-refractivity contribution in [1.82, 2.24) is 0 Å². The van der Waals surface area contributed by atoms with Crippen LogP contribution >= 0.6 is 0 Å². The number of carbonyl (C=O) groups excluding carboxylic acids is 1. The number of rotatable bonds is 2. The molecule has 0 aliphatic heterocycles. The van der Waals surface area contributed by atoms with Crippen molar-refractivity contribution in [2.75, 3.05) is 5.32 Å². The minimum absolute atomic E-state index is 0. The standard InChI is InChI=1S/C17H13NO2.Cu/c19-16-11-13-7-5-4-6-12(13)10-15(16)17(20)18-14-8-2-1-3-9-14;/h1-11,19H,(H,18,20);/q;+1. The molecule has 0 spiro atoms. The number of anilines is 1. The number of hydrogen-bond acceptors (Lipinski definition) is 2. The number of amides is 1. The van der Waals surface area contributed by atoms with Gasteiger partial charge >= 0.3 is 17.1 Å². The molecule has 3 nitrogen and oxygen atoms in total. The van der Waals surface area contributed by atoms with Crippen LogP contribution in [0.3, 0.4) is 0 Å². The number of carbonyl (C=O) groups is 1. The first kappa shape index (κ1) is 15.1. The first-order chi connectivity index (χ1) is 9.74. The third kappa shape index (κ3) is 3.24. The van der Waals surface area contributed by atoms with Gasteiger partial charge in [-0.2, -0.15) is 0 Å². The quantitative estimate of drug-likeness (QED) is 0.704. The van der Waals surface area contributed by atoms with Gasteiger partial charge in [0.05, 0.1) is 5.56 Å². The van der Waals surface area contributed by atoms with Gasteiger partial charge in [0.15, 0.2) is 0 Å². The van der Waals surface area contributed by atoms with Crippen LogP contribution in [0.4, 0.5) is 5.69 Å². The number of benzene rings is 3. The van der Waals surface area contributed by atoms with Crippen LogP contribution < -0.4 is 5.32 Å². The predicted molar refractivity (Wildman–Crippen MR) is 80.0 cm³/mol. The minimum Gasteiger partial charge on any atom is -0.507 e. The van der Waals surface area contributed by atoms with E-state index in [-0.39, 0.29) is 34.3 Å². The van der Waals surface area contributed by atoms with Crippen LogP contribution in [0.25, 0.3) is 10.8 Å². The average molecular weight is 327 g/mol. The normalized spacial score (nSPS) is 9.90. The Bertz CT molecular complexity index is 772. The maximum Gasteiger partial charge on any atom is 1.00 e. The summed E-state index contributed by atoms with van der Waals surface area (Å²) in [4.78, 5) is 12.2. The van der Waals surface area contributed by atoms with Crippen LogP contribution in [-0.2, 0) is 17.1 Å². The molecule has 0 bridgehead atoms. The summed E-state index contributed by atoms with van der Waals surface area (Å²) < 4.78 is 0. The maximum atomic E-state index is 12.2. The summed E-state index contributed by atoms with van der Waals surface area (Å²) in [5, 5.41) is 14.6. The van der Waals surface area contributed by atoms with E-state index in [1.54, 1.807) is 24.3 Å². The molecule has 1 amide bonds. The van der Waals surface area contributed by atoms with E-state index in [1.807, 2.05) is 42.5 Å². The second kappa shape index (κ2) is 6.44. The Labute approximate surface area is 133 Å². The number of phenols is 1. The number of nitrogens with one attached hydrogen (secondary N) is 1. The van der Waals surface area contributed by atoms with Crippen molar-refractivity contribution in [2.24, 2.45) is 0 Å². The van der Waals surface area contributed by atoms with Gasteiger partial charge in [-0.15, -0.1) is 0 Å². The second-order valence-electron chi connectivity index (χ2n) is 4.54. The summed E-state index contributed by atoms with van der Waals surface area (Å²) >= 11 is 0. The van der Waals surface area contributed by atoms with Crippen molar-refractivity contribution in [3.8, 4) is 5.75 Å². The zero-order chi connectivity index (χ0) is 13.9. The summed E-state index contributed by atoms with van der Waals surface area (Å²) in [7, 11) is 0. The number of phenolic OH excluding ortho intramolecular Hbond substituents is 1. The molecule has 0 aliphatic carbocycles. The van der Waals surface area contributed by atoms with Crippen molar-refractivity contribution in [1.29, 1.82) is 0 Å². The molecule has 0 fully saturated rings. The van der Waals surface area contributed by atoms with Crippen molar-refractivity contribution in [3.05, 3.63) is 72.3 Å². The summed E-state index contributed by atoms with van der Waals surface area (Å²) in [6.45, 7) is 0. The molecule has 2 N–H and O–H groups in total. The molecule has 3 rings (SSSR count). The molecule has 0 aliphatic rings. The molecule has 0 saturated carbocycles. The fourth-order valence-electron chi connectivity index (χ4n) is 2.13. The van der Waals surface area contributed by atoms with E-state index < -0.39 is 0 Å². The Morgan fingerprint density at radius 2 is 1.43 bits per heavy atom. The van der Waals surface area contributed by atoms with Gasteiger partial charge in [-0.3, -0.25) is 4.79 Å². The fourth-order valence-corrected chi connectivity index (χ4v) is 2.13. The van der Waals surface area contributed by atoms with Crippen LogP contribution in [-0.4, -0.2) is 11.0 Å². The first-order valence-electron chi connectivity index (χ1n) is 6.32. The molecule has 0 unspecified atom stereocenters. The van der Waals surface area contributed by atoms with Gasteiger partial charge in [0.2, 0.25) is 0 Å². The number of hydrogen-bond donors (Lipinski definition) is 2. The van der Waals surface area contributed by atoms with Crippen LogP contribution in [0, 0.1) is 0 Å². The van der Waals surface area contributed by atoms with Gasteiger partial charge in [-0.1, -0.05) is 42.5 Å². The predicted octanol–water partition coefficient (Wildman–Crippen LogP) is 3.80. The zero-order valence-corrected chi connectivity index (χ0v) is 11.9. The van der Waals surface area contributed by atoms with Gasteiger partial charge in [0.25, 0.3) is 5.91 Å². The third-order valence-electron chi connectivity index (χ3n) is 3.14. The van der Waals surface area contributed by atoms with Gasteiger partial charge < -0.3 is 10.4 Å². The molecule has 0 aromatic heterocycles. The molecule has 3 aromatic rings. The van der Waals surface area contributed by atoms with Crippen molar-refractivity contribution >= 4 is 22.4 Å². The van der Waals surface area contributed by atoms with E-state index in [9.17, 15) is 9.90 Å². The summed E-state index contributed by atoms with van der Waals surface area (Å²) in [5.74, 6) is -0.336. The molecule has 21 heavy (non-hydrogen) atoms. The molecule has 108 valence electrons. The molecule has 3 aromatic carbocycles. The van der Waals surface area contributed by atoms with Crippen LogP contribution in [0.2, 0.25) is 0 Å². The fraction of sp³-hybridized carbons (Fsp3) is 0. The van der Waals surface area contributed by atoms with Crippen LogP contribution in [0.5, 0.6) is 5.75 Å². The van der Waals surface area contributed by atoms with Crippen LogP contribution in [0.15, 0.2) is 66.7 Å². The van der Waals surface area contributed by atoms with Gasteiger partial charge in [0, 0.05) is 5.69 Å². The van der Waals surface area contributed by atoms with Crippen molar-refractivity contribution in [2.45, 2.75) is 0 Å². The Kier molecular flexibility index (Phi) is 4.63. The Morgan fingerprint density at radius 3 is 2.10 bits per heavy atom. The largest absolute Gasteiger partial charge is 1.00 e. The average Bonchev–Trinajstić information content (AvgIpc) is 2.47. The van der Waals surface area contributed by atoms with Gasteiger partial charge in [-0.25, -0.2) is 0 Å². The van der Waals surface area contributed by atoms with E-state index in [0.717, 1.165) is 10.8 Å². The third-order valence-corrected chi connectivity index (χ3v) is 3.14. The summed E-state index contributed by atoms with van der Waals surface area (Å²) in [6.07, 6.45) is 0. The van der Waals surface area contributed by atoms with E-state index in [4.69, 9.17) is 0 Å². The van der Waals surface area contributed by atoms with Gasteiger partial charge in [0.1, 0.15) is 5.75 Å². The molecule has 4 heteroatoms. The van der Waals surface area contributed by atoms with Crippen molar-refractivity contribution in [3.63, 3.8) is 0 Å². The molecule has 0 atom stereocenters. The zero-order valence-electron chi connectivity index (χ0n) is 11.0. The van der Waals surface area contributed by atoms with E-state index >= 15 is 0 Å². The Hall–Kier alpha value is -2.29. The number of aromatic hydroxyl groups is 1. The van der Waals surface area contributed by atoms with Gasteiger partial charge in [-0.05, 0) is 35.0 Å². The maximum absolute atomic E-state index is 12.2. The number of para-hydroxylation sites is 1. The van der Waals surface area contributed by atoms with Crippen molar-refractivity contribution < 1.29 is 27.0 Å². The minimum atomic E-state index is -0.320. The van der Waals surface area contributed by atoms with E-state index in [2.05, 4.69) is 5.32 Å². The molecule has 0 heterocycles. The molecule has 0 saturated heterocycles. The number of fused-ring (bicyclic) bond motifs is 1. The Morgan fingerprint density at radius 1 is 0.857 bits per heavy atom. The summed E-state index contributed by atoms with van der Waals surface area (Å²) in [6, 6.07) is 20.1.